The lowest BCUT2D eigenvalue weighted by Gasteiger charge is -2.44. The number of nitrogens with one attached hydrogen (secondary N) is 1. The number of amides is 2. The van der Waals surface area contributed by atoms with Crippen molar-refractivity contribution in [3.05, 3.63) is 119 Å². The number of anilines is 2. The molecule has 1 aliphatic heterocycles. The number of para-hydroxylation sites is 1. The summed E-state index contributed by atoms with van der Waals surface area (Å²) in [5.74, 6) is 1.06. The molecular weight excluding hydrogens is 490 g/mol. The Kier molecular flexibility index (Phi) is 7.50. The topological polar surface area (TPSA) is 71.1 Å². The van der Waals surface area contributed by atoms with E-state index in [1.807, 2.05) is 109 Å². The van der Waals surface area contributed by atoms with Gasteiger partial charge in [0, 0.05) is 26.2 Å². The van der Waals surface area contributed by atoms with Crippen LogP contribution in [-0.2, 0) is 17.9 Å². The van der Waals surface area contributed by atoms with Crippen molar-refractivity contribution in [2.75, 3.05) is 24.4 Å². The first kappa shape index (κ1) is 25.9. The molecule has 0 saturated heterocycles. The Hall–Kier alpha value is -4.78. The number of carbonyl (C=O) groups is 2. The summed E-state index contributed by atoms with van der Waals surface area (Å²) < 4.78 is 11.8. The molecule has 0 aromatic heterocycles. The molecule has 1 aliphatic rings. The van der Waals surface area contributed by atoms with Gasteiger partial charge in [-0.15, -0.1) is 0 Å². The van der Waals surface area contributed by atoms with Crippen LogP contribution in [0.5, 0.6) is 11.5 Å². The second-order valence-corrected chi connectivity index (χ2v) is 9.50. The van der Waals surface area contributed by atoms with Gasteiger partial charge in [-0.25, -0.2) is 0 Å². The molecule has 0 fully saturated rings. The van der Waals surface area contributed by atoms with Crippen LogP contribution in [-0.4, -0.2) is 30.9 Å². The lowest BCUT2D eigenvalue weighted by atomic mass is 10.0. The molecule has 7 nitrogen and oxygen atoms in total. The van der Waals surface area contributed by atoms with Crippen molar-refractivity contribution in [2.24, 2.45) is 0 Å². The summed E-state index contributed by atoms with van der Waals surface area (Å²) >= 11 is 0. The van der Waals surface area contributed by atoms with Crippen molar-refractivity contribution in [1.82, 2.24) is 4.90 Å². The standard InChI is InChI=1S/C32H31N3O4/c1-22(36)33-26-16-13-24(14-17-26)21-39-30-19-25(15-18-29(30)38-3)31-34(2)28-12-8-7-11-27(28)32(37)35(31)20-23-9-5-4-6-10-23/h4-19,31H,20-21H2,1-3H3,(H,33,36). The summed E-state index contributed by atoms with van der Waals surface area (Å²) in [5.41, 5.74) is 5.20. The number of fused-ring (bicyclic) bond motifs is 1. The minimum Gasteiger partial charge on any atom is -0.493 e. The number of carbonyl (C=O) groups excluding carboxylic acids is 2. The highest BCUT2D eigenvalue weighted by Gasteiger charge is 2.37. The van der Waals surface area contributed by atoms with Crippen molar-refractivity contribution < 1.29 is 19.1 Å². The van der Waals surface area contributed by atoms with E-state index in [2.05, 4.69) is 10.2 Å². The van der Waals surface area contributed by atoms with Crippen LogP contribution in [0, 0.1) is 0 Å². The van der Waals surface area contributed by atoms with Crippen LogP contribution in [0.25, 0.3) is 0 Å². The van der Waals surface area contributed by atoms with Gasteiger partial charge in [-0.3, -0.25) is 9.59 Å². The maximum absolute atomic E-state index is 13.8. The van der Waals surface area contributed by atoms with Crippen molar-refractivity contribution in [2.45, 2.75) is 26.2 Å². The zero-order chi connectivity index (χ0) is 27.4. The molecule has 2 amide bonds. The zero-order valence-electron chi connectivity index (χ0n) is 22.3. The molecule has 4 aromatic carbocycles. The number of ether oxygens (including phenoxy) is 2. The summed E-state index contributed by atoms with van der Waals surface area (Å²) in [5, 5.41) is 2.77. The van der Waals surface area contributed by atoms with Crippen molar-refractivity contribution in [3.63, 3.8) is 0 Å². The SMILES string of the molecule is COc1ccc(C2N(Cc3ccccc3)C(=O)c3ccccc3N2C)cc1OCc1ccc(NC(C)=O)cc1. The van der Waals surface area contributed by atoms with E-state index in [-0.39, 0.29) is 18.0 Å². The summed E-state index contributed by atoms with van der Waals surface area (Å²) in [6.07, 6.45) is -0.349. The Morgan fingerprint density at radius 1 is 0.872 bits per heavy atom. The molecule has 0 radical (unpaired) electrons. The van der Waals surface area contributed by atoms with E-state index in [0.29, 0.717) is 30.2 Å². The van der Waals surface area contributed by atoms with Gasteiger partial charge < -0.3 is 24.6 Å². The number of benzene rings is 4. The van der Waals surface area contributed by atoms with Gasteiger partial charge >= 0.3 is 0 Å². The quantitative estimate of drug-likeness (QED) is 0.307. The molecule has 5 rings (SSSR count). The molecular formula is C32H31N3O4. The number of methoxy groups -OCH3 is 1. The predicted octanol–water partition coefficient (Wildman–Crippen LogP) is 6.02. The van der Waals surface area contributed by atoms with Crippen molar-refractivity contribution in [1.29, 1.82) is 0 Å². The number of hydrogen-bond acceptors (Lipinski definition) is 5. The molecule has 0 bridgehead atoms. The van der Waals surface area contributed by atoms with Crippen LogP contribution in [0.2, 0.25) is 0 Å². The van der Waals surface area contributed by atoms with Crippen molar-refractivity contribution >= 4 is 23.2 Å². The largest absolute Gasteiger partial charge is 0.493 e. The molecule has 39 heavy (non-hydrogen) atoms. The maximum Gasteiger partial charge on any atom is 0.258 e. The monoisotopic (exact) mass is 521 g/mol. The molecule has 1 unspecified atom stereocenters. The van der Waals surface area contributed by atoms with Crippen LogP contribution in [0.3, 0.4) is 0 Å². The van der Waals surface area contributed by atoms with Gasteiger partial charge in [-0.05, 0) is 53.1 Å². The Morgan fingerprint density at radius 2 is 1.59 bits per heavy atom. The van der Waals surface area contributed by atoms with E-state index >= 15 is 0 Å². The molecule has 0 saturated carbocycles. The van der Waals surface area contributed by atoms with E-state index in [1.165, 1.54) is 6.92 Å². The van der Waals surface area contributed by atoms with Gasteiger partial charge in [-0.1, -0.05) is 60.7 Å². The van der Waals surface area contributed by atoms with Crippen LogP contribution in [0.4, 0.5) is 11.4 Å². The van der Waals surface area contributed by atoms with E-state index in [9.17, 15) is 9.59 Å². The summed E-state index contributed by atoms with van der Waals surface area (Å²) in [6, 6.07) is 31.0. The fourth-order valence-electron chi connectivity index (χ4n) is 4.93. The Balaban J connectivity index is 1.46. The van der Waals surface area contributed by atoms with Crippen LogP contribution >= 0.6 is 0 Å². The molecule has 0 aliphatic carbocycles. The highest BCUT2D eigenvalue weighted by atomic mass is 16.5. The van der Waals surface area contributed by atoms with E-state index in [4.69, 9.17) is 9.47 Å². The first-order chi connectivity index (χ1) is 18.9. The second kappa shape index (κ2) is 11.3. The zero-order valence-corrected chi connectivity index (χ0v) is 22.3. The van der Waals surface area contributed by atoms with E-state index in [0.717, 1.165) is 28.1 Å². The van der Waals surface area contributed by atoms with Crippen LogP contribution < -0.4 is 19.7 Å². The average Bonchev–Trinajstić information content (AvgIpc) is 2.96. The third-order valence-corrected chi connectivity index (χ3v) is 6.79. The third kappa shape index (κ3) is 5.57. The molecule has 4 aromatic rings. The predicted molar refractivity (Wildman–Crippen MR) is 152 cm³/mol. The Morgan fingerprint density at radius 3 is 2.31 bits per heavy atom. The third-order valence-electron chi connectivity index (χ3n) is 6.79. The maximum atomic E-state index is 13.8. The van der Waals surface area contributed by atoms with Crippen LogP contribution in [0.15, 0.2) is 97.1 Å². The van der Waals surface area contributed by atoms with Gasteiger partial charge in [0.15, 0.2) is 11.5 Å². The Labute approximate surface area is 228 Å². The Bertz CT molecular complexity index is 1470. The van der Waals surface area contributed by atoms with Gasteiger partial charge in [0.25, 0.3) is 5.91 Å². The average molecular weight is 522 g/mol. The molecule has 1 N–H and O–H groups in total. The highest BCUT2D eigenvalue weighted by Crippen LogP contribution is 2.41. The first-order valence-electron chi connectivity index (χ1n) is 12.8. The summed E-state index contributed by atoms with van der Waals surface area (Å²) in [4.78, 5) is 29.1. The minimum absolute atomic E-state index is 0.0184. The van der Waals surface area contributed by atoms with Crippen LogP contribution in [0.1, 0.15) is 40.1 Å². The number of nitrogens with zero attached hydrogens (tertiary/aromatic N) is 2. The second-order valence-electron chi connectivity index (χ2n) is 9.50. The fourth-order valence-corrected chi connectivity index (χ4v) is 4.93. The summed E-state index contributed by atoms with van der Waals surface area (Å²) in [7, 11) is 3.62. The normalized spacial score (nSPS) is 14.5. The molecule has 7 heteroatoms. The van der Waals surface area contributed by atoms with Gasteiger partial charge in [0.1, 0.15) is 12.8 Å². The summed E-state index contributed by atoms with van der Waals surface area (Å²) in [6.45, 7) is 2.26. The van der Waals surface area contributed by atoms with E-state index < -0.39 is 0 Å². The lowest BCUT2D eigenvalue weighted by Crippen LogP contribution is -2.47. The fraction of sp³-hybridized carbons (Fsp3) is 0.188. The molecule has 1 heterocycles. The molecule has 198 valence electrons. The molecule has 0 spiro atoms. The van der Waals surface area contributed by atoms with Crippen molar-refractivity contribution in [3.8, 4) is 11.5 Å². The highest BCUT2D eigenvalue weighted by molar-refractivity contribution is 6.02. The van der Waals surface area contributed by atoms with Gasteiger partial charge in [0.05, 0.1) is 18.4 Å². The number of hydrogen-bond donors (Lipinski definition) is 1. The number of rotatable bonds is 8. The van der Waals surface area contributed by atoms with Gasteiger partial charge in [-0.2, -0.15) is 0 Å². The van der Waals surface area contributed by atoms with Gasteiger partial charge in [0.2, 0.25) is 5.91 Å². The lowest BCUT2D eigenvalue weighted by molar-refractivity contribution is -0.114. The van der Waals surface area contributed by atoms with E-state index in [1.54, 1.807) is 7.11 Å². The first-order valence-corrected chi connectivity index (χ1v) is 12.8. The smallest absolute Gasteiger partial charge is 0.258 e. The molecule has 1 atom stereocenters. The minimum atomic E-state index is -0.349.